The number of rotatable bonds is 8. The van der Waals surface area contributed by atoms with Crippen LogP contribution >= 0.6 is 7.60 Å². The second-order valence-electron chi connectivity index (χ2n) is 6.04. The van der Waals surface area contributed by atoms with E-state index >= 15 is 0 Å². The zero-order chi connectivity index (χ0) is 14.6. The molecule has 0 spiro atoms. The molecule has 0 aliphatic heterocycles. The molecule has 0 aliphatic rings. The molecule has 5 nitrogen and oxygen atoms in total. The molecule has 0 amide bonds. The Morgan fingerprint density at radius 3 is 1.89 bits per heavy atom. The highest BCUT2D eigenvalue weighted by Crippen LogP contribution is 2.47. The fraction of sp³-hybridized carbons (Fsp3) is 1.00. The second kappa shape index (κ2) is 7.01. The number of likely N-dealkylation sites (N-methyl/N-ethyl adjacent to an activating group) is 1. The molecule has 0 aromatic heterocycles. The molecule has 1 N–H and O–H groups in total. The Labute approximate surface area is 111 Å². The normalized spacial score (nSPS) is 16.9. The summed E-state index contributed by atoms with van der Waals surface area (Å²) in [5.41, 5.74) is 0. The largest absolute Gasteiger partial charge is 0.386 e. The van der Waals surface area contributed by atoms with E-state index in [0.717, 1.165) is 6.42 Å². The zero-order valence-corrected chi connectivity index (χ0v) is 13.6. The molecule has 110 valence electrons. The van der Waals surface area contributed by atoms with Gasteiger partial charge in [0.2, 0.25) is 0 Å². The number of quaternary nitrogens is 1. The third-order valence-corrected chi connectivity index (χ3v) is 5.05. The van der Waals surface area contributed by atoms with Gasteiger partial charge in [-0.3, -0.25) is 4.57 Å². The monoisotopic (exact) mass is 282 g/mol. The van der Waals surface area contributed by atoms with Crippen molar-refractivity contribution in [3.05, 3.63) is 0 Å². The molecule has 18 heavy (non-hydrogen) atoms. The first-order chi connectivity index (χ1) is 8.05. The Morgan fingerprint density at radius 1 is 1.17 bits per heavy atom. The van der Waals surface area contributed by atoms with E-state index in [1.54, 1.807) is 0 Å². The lowest BCUT2D eigenvalue weighted by Crippen LogP contribution is -2.53. The van der Waals surface area contributed by atoms with Gasteiger partial charge in [0.15, 0.2) is 0 Å². The van der Waals surface area contributed by atoms with Crippen molar-refractivity contribution in [2.45, 2.75) is 32.4 Å². The lowest BCUT2D eigenvalue weighted by Gasteiger charge is -2.38. The first-order valence-corrected chi connectivity index (χ1v) is 7.98. The third kappa shape index (κ3) is 5.81. The molecule has 0 fully saturated rings. The van der Waals surface area contributed by atoms with Gasteiger partial charge in [-0.05, 0) is 5.92 Å². The maximum Gasteiger partial charge on any atom is 0.332 e. The van der Waals surface area contributed by atoms with Crippen LogP contribution in [0.1, 0.15) is 20.3 Å². The number of aliphatic hydroxyl groups is 1. The molecule has 2 atom stereocenters. The van der Waals surface area contributed by atoms with Crippen LogP contribution in [-0.4, -0.2) is 63.3 Å². The highest BCUT2D eigenvalue weighted by Gasteiger charge is 2.37. The average Bonchev–Trinajstić information content (AvgIpc) is 2.23. The van der Waals surface area contributed by atoms with Crippen LogP contribution in [0.25, 0.3) is 0 Å². The number of nitrogens with zero attached hydrogens (tertiary/aromatic N) is 1. The van der Waals surface area contributed by atoms with Gasteiger partial charge in [-0.15, -0.1) is 0 Å². The molecule has 0 radical (unpaired) electrons. The number of hydrogen-bond donors (Lipinski definition) is 1. The first kappa shape index (κ1) is 18.1. The van der Waals surface area contributed by atoms with Crippen molar-refractivity contribution in [3.8, 4) is 0 Å². The van der Waals surface area contributed by atoms with E-state index in [1.807, 2.05) is 21.1 Å². The highest BCUT2D eigenvalue weighted by molar-refractivity contribution is 7.53. The molecule has 0 aromatic rings. The molecule has 0 bridgehead atoms. The Kier molecular flexibility index (Phi) is 7.04. The summed E-state index contributed by atoms with van der Waals surface area (Å²) in [6, 6.07) is 0.00336. The van der Waals surface area contributed by atoms with Crippen molar-refractivity contribution in [1.29, 1.82) is 0 Å². The van der Waals surface area contributed by atoms with Crippen molar-refractivity contribution in [3.63, 3.8) is 0 Å². The van der Waals surface area contributed by atoms with Crippen molar-refractivity contribution < 1.29 is 23.2 Å². The summed E-state index contributed by atoms with van der Waals surface area (Å²) in [5.74, 6) is 0.464. The van der Waals surface area contributed by atoms with Crippen molar-refractivity contribution >= 4 is 7.60 Å². The summed E-state index contributed by atoms with van der Waals surface area (Å²) in [7, 11) is 5.62. The fourth-order valence-electron chi connectivity index (χ4n) is 2.05. The van der Waals surface area contributed by atoms with Gasteiger partial charge in [-0.1, -0.05) is 13.8 Å². The van der Waals surface area contributed by atoms with E-state index in [9.17, 15) is 9.67 Å². The van der Waals surface area contributed by atoms with Gasteiger partial charge < -0.3 is 18.6 Å². The highest BCUT2D eigenvalue weighted by atomic mass is 31.2. The molecule has 0 heterocycles. The number of hydrogen-bond acceptors (Lipinski definition) is 4. The quantitative estimate of drug-likeness (QED) is 0.546. The van der Waals surface area contributed by atoms with Gasteiger partial charge in [0.1, 0.15) is 12.1 Å². The summed E-state index contributed by atoms with van der Waals surface area (Å²) >= 11 is 0. The minimum atomic E-state index is -3.16. The van der Waals surface area contributed by atoms with Crippen LogP contribution in [0.5, 0.6) is 0 Å². The van der Waals surface area contributed by atoms with E-state index in [2.05, 4.69) is 13.8 Å². The smallest absolute Gasteiger partial charge is 0.332 e. The van der Waals surface area contributed by atoms with Gasteiger partial charge in [-0.2, -0.15) is 0 Å². The molecule has 0 rings (SSSR count). The summed E-state index contributed by atoms with van der Waals surface area (Å²) in [6.07, 6.45) is 0.184. The van der Waals surface area contributed by atoms with Gasteiger partial charge >= 0.3 is 7.60 Å². The van der Waals surface area contributed by atoms with Crippen LogP contribution in [0.2, 0.25) is 0 Å². The third-order valence-electron chi connectivity index (χ3n) is 3.12. The molecule has 0 unspecified atom stereocenters. The predicted molar refractivity (Wildman–Crippen MR) is 73.8 cm³/mol. The second-order valence-corrected chi connectivity index (χ2v) is 8.36. The van der Waals surface area contributed by atoms with E-state index in [4.69, 9.17) is 9.05 Å². The zero-order valence-electron chi connectivity index (χ0n) is 12.7. The maximum absolute atomic E-state index is 12.1. The van der Waals surface area contributed by atoms with Crippen LogP contribution in [0.4, 0.5) is 0 Å². The Hall–Kier alpha value is 0.0700. The fourth-order valence-corrected chi connectivity index (χ4v) is 3.20. The molecule has 6 heteroatoms. The van der Waals surface area contributed by atoms with Gasteiger partial charge in [-0.25, -0.2) is 0 Å². The predicted octanol–water partition coefficient (Wildman–Crippen LogP) is 1.95. The van der Waals surface area contributed by atoms with Gasteiger partial charge in [0.25, 0.3) is 0 Å². The van der Waals surface area contributed by atoms with E-state index in [0.29, 0.717) is 10.4 Å². The molecule has 0 aromatic carbocycles. The van der Waals surface area contributed by atoms with Crippen molar-refractivity contribution in [2.75, 3.05) is 41.5 Å². The lowest BCUT2D eigenvalue weighted by atomic mass is 9.97. The van der Waals surface area contributed by atoms with Crippen LogP contribution in [0.15, 0.2) is 0 Å². The van der Waals surface area contributed by atoms with Crippen molar-refractivity contribution in [1.82, 2.24) is 0 Å². The minimum Gasteiger partial charge on any atom is -0.386 e. The van der Waals surface area contributed by atoms with Crippen LogP contribution in [-0.2, 0) is 13.6 Å². The Bertz CT molecular complexity index is 280. The SMILES string of the molecule is COP(=O)(C[C@@H](O)[C@H](CC(C)C)[N+](C)(C)C)OC. The summed E-state index contributed by atoms with van der Waals surface area (Å²) < 4.78 is 22.5. The molecule has 0 saturated carbocycles. The minimum absolute atomic E-state index is 0.00336. The average molecular weight is 282 g/mol. The Balaban J connectivity index is 4.87. The molecule has 0 saturated heterocycles. The van der Waals surface area contributed by atoms with Gasteiger partial charge in [0.05, 0.1) is 27.3 Å². The van der Waals surface area contributed by atoms with Crippen molar-refractivity contribution in [2.24, 2.45) is 5.92 Å². The maximum atomic E-state index is 12.1. The number of aliphatic hydroxyl groups excluding tert-OH is 1. The van der Waals surface area contributed by atoms with Crippen LogP contribution in [0.3, 0.4) is 0 Å². The molecule has 0 aliphatic carbocycles. The van der Waals surface area contributed by atoms with E-state index in [1.165, 1.54) is 14.2 Å². The molecular weight excluding hydrogens is 253 g/mol. The van der Waals surface area contributed by atoms with Gasteiger partial charge in [0, 0.05) is 20.6 Å². The summed E-state index contributed by atoms with van der Waals surface area (Å²) in [6.45, 7) is 4.23. The Morgan fingerprint density at radius 2 is 1.61 bits per heavy atom. The molecular formula is C12H29NO4P+. The summed E-state index contributed by atoms with van der Waals surface area (Å²) in [5, 5.41) is 10.3. The van der Waals surface area contributed by atoms with Crippen LogP contribution < -0.4 is 0 Å². The van der Waals surface area contributed by atoms with Crippen LogP contribution in [0, 0.1) is 5.92 Å². The first-order valence-electron chi connectivity index (χ1n) is 6.25. The lowest BCUT2D eigenvalue weighted by molar-refractivity contribution is -0.900. The summed E-state index contributed by atoms with van der Waals surface area (Å²) in [4.78, 5) is 0. The standard InChI is InChI=1S/C12H29NO4P/c1-10(2)8-11(13(3,4)5)12(14)9-18(15,16-6)17-7/h10-12,14H,8-9H2,1-7H3/q+1/t11-,12+/m0/s1. The van der Waals surface area contributed by atoms with E-state index in [-0.39, 0.29) is 12.2 Å². The topological polar surface area (TPSA) is 55.8 Å². The van der Waals surface area contributed by atoms with E-state index < -0.39 is 13.7 Å².